The number of hydrazine groups is 1. The molecule has 7 nitrogen and oxygen atoms in total. The Morgan fingerprint density at radius 1 is 1.09 bits per heavy atom. The lowest BCUT2D eigenvalue weighted by Gasteiger charge is -2.27. The molecule has 0 aromatic carbocycles. The highest BCUT2D eigenvalue weighted by molar-refractivity contribution is 7.89. The van der Waals surface area contributed by atoms with Gasteiger partial charge in [0.15, 0.2) is 0 Å². The molecule has 0 bridgehead atoms. The topological polar surface area (TPSA) is 77.6 Å². The summed E-state index contributed by atoms with van der Waals surface area (Å²) in [6, 6.07) is 5.64. The van der Waals surface area contributed by atoms with Gasteiger partial charge in [-0.1, -0.05) is 6.07 Å². The third-order valence-corrected chi connectivity index (χ3v) is 7.25. The number of hydrogen-bond donors (Lipinski definition) is 2. The second kappa shape index (κ2) is 6.72. The Balaban J connectivity index is 1.72. The van der Waals surface area contributed by atoms with Crippen LogP contribution in [0.15, 0.2) is 24.4 Å². The molecule has 23 heavy (non-hydrogen) atoms. The molecular formula is C15H25N5O2S. The zero-order valence-electron chi connectivity index (χ0n) is 13.6. The molecule has 3 rings (SSSR count). The summed E-state index contributed by atoms with van der Waals surface area (Å²) in [7, 11) is -3.33. The zero-order valence-corrected chi connectivity index (χ0v) is 14.5. The summed E-state index contributed by atoms with van der Waals surface area (Å²) in [5, 5.41) is -0.427. The Hall–Kier alpha value is -1.22. The van der Waals surface area contributed by atoms with Gasteiger partial charge in [-0.3, -0.25) is 10.9 Å². The van der Waals surface area contributed by atoms with E-state index in [1.807, 2.05) is 32.0 Å². The third-order valence-electron chi connectivity index (χ3n) is 4.66. The van der Waals surface area contributed by atoms with Crippen LogP contribution in [0, 0.1) is 0 Å². The van der Waals surface area contributed by atoms with Crippen molar-refractivity contribution in [3.05, 3.63) is 24.4 Å². The monoisotopic (exact) mass is 339 g/mol. The molecule has 2 unspecified atom stereocenters. The fourth-order valence-corrected chi connectivity index (χ4v) is 5.70. The van der Waals surface area contributed by atoms with Crippen LogP contribution < -0.4 is 15.8 Å². The minimum absolute atomic E-state index is 0.0925. The maximum absolute atomic E-state index is 13.0. The van der Waals surface area contributed by atoms with E-state index >= 15 is 0 Å². The predicted molar refractivity (Wildman–Crippen MR) is 90.5 cm³/mol. The Bertz CT molecular complexity index is 614. The standard InChI is InChI=1S/C15H25N5O2S/c1-12-15(13(2)18-17-12)23(21,22)20-9-5-8-19(10-11-20)14-6-3-4-7-16-14/h3-4,6-7,12-13,15,17-18H,5,8-11H2,1-2H3. The average Bonchev–Trinajstić information content (AvgIpc) is 2.76. The van der Waals surface area contributed by atoms with Crippen molar-refractivity contribution in [1.82, 2.24) is 20.1 Å². The Morgan fingerprint density at radius 3 is 2.48 bits per heavy atom. The first-order valence-electron chi connectivity index (χ1n) is 8.16. The van der Waals surface area contributed by atoms with Crippen LogP contribution in [-0.2, 0) is 10.0 Å². The van der Waals surface area contributed by atoms with Crippen LogP contribution in [0.5, 0.6) is 0 Å². The molecular weight excluding hydrogens is 314 g/mol. The third kappa shape index (κ3) is 3.35. The number of hydrogen-bond acceptors (Lipinski definition) is 6. The molecule has 3 heterocycles. The molecule has 0 spiro atoms. The first-order valence-corrected chi connectivity index (χ1v) is 9.66. The van der Waals surface area contributed by atoms with Gasteiger partial charge in [-0.05, 0) is 32.4 Å². The van der Waals surface area contributed by atoms with Gasteiger partial charge >= 0.3 is 0 Å². The van der Waals surface area contributed by atoms with Crippen LogP contribution in [0.3, 0.4) is 0 Å². The van der Waals surface area contributed by atoms with E-state index in [4.69, 9.17) is 0 Å². The fourth-order valence-electron chi connectivity index (χ4n) is 3.47. The van der Waals surface area contributed by atoms with Crippen LogP contribution in [0.2, 0.25) is 0 Å². The first kappa shape index (κ1) is 16.6. The zero-order chi connectivity index (χ0) is 16.4. The van der Waals surface area contributed by atoms with Crippen LogP contribution >= 0.6 is 0 Å². The molecule has 2 N–H and O–H groups in total. The maximum atomic E-state index is 13.0. The summed E-state index contributed by atoms with van der Waals surface area (Å²) in [5.41, 5.74) is 6.08. The molecule has 0 saturated carbocycles. The molecule has 1 aromatic rings. The molecule has 1 aromatic heterocycles. The van der Waals surface area contributed by atoms with Crippen molar-refractivity contribution >= 4 is 15.8 Å². The summed E-state index contributed by atoms with van der Waals surface area (Å²) in [6.45, 7) is 6.41. The van der Waals surface area contributed by atoms with Gasteiger partial charge in [0.2, 0.25) is 10.0 Å². The van der Waals surface area contributed by atoms with Crippen molar-refractivity contribution < 1.29 is 8.42 Å². The highest BCUT2D eigenvalue weighted by atomic mass is 32.2. The number of sulfonamides is 1. The summed E-state index contributed by atoms with van der Waals surface area (Å²) in [4.78, 5) is 6.53. The molecule has 2 saturated heterocycles. The Morgan fingerprint density at radius 2 is 1.83 bits per heavy atom. The van der Waals surface area contributed by atoms with E-state index in [1.54, 1.807) is 10.5 Å². The van der Waals surface area contributed by atoms with Crippen molar-refractivity contribution in [2.45, 2.75) is 37.6 Å². The van der Waals surface area contributed by atoms with Crippen molar-refractivity contribution in [3.63, 3.8) is 0 Å². The summed E-state index contributed by atoms with van der Waals surface area (Å²) in [5.74, 6) is 0.915. The number of anilines is 1. The van der Waals surface area contributed by atoms with Crippen LogP contribution in [0.25, 0.3) is 0 Å². The summed E-state index contributed by atoms with van der Waals surface area (Å²) < 4.78 is 27.7. The van der Waals surface area contributed by atoms with Crippen LogP contribution in [0.1, 0.15) is 20.3 Å². The second-order valence-electron chi connectivity index (χ2n) is 6.30. The predicted octanol–water partition coefficient (Wildman–Crippen LogP) is 0.177. The van der Waals surface area contributed by atoms with E-state index in [1.165, 1.54) is 0 Å². The SMILES string of the molecule is CC1NNC(C)C1S(=O)(=O)N1CCCN(c2ccccn2)CC1. The number of nitrogens with one attached hydrogen (secondary N) is 2. The normalized spacial score (nSPS) is 30.3. The van der Waals surface area contributed by atoms with Gasteiger partial charge in [0.25, 0.3) is 0 Å². The Labute approximate surface area is 138 Å². The number of nitrogens with zero attached hydrogens (tertiary/aromatic N) is 3. The molecule has 0 aliphatic carbocycles. The van der Waals surface area contributed by atoms with Crippen molar-refractivity contribution in [1.29, 1.82) is 0 Å². The minimum atomic E-state index is -3.33. The minimum Gasteiger partial charge on any atom is -0.355 e. The van der Waals surface area contributed by atoms with Crippen molar-refractivity contribution in [3.8, 4) is 0 Å². The molecule has 2 aliphatic rings. The van der Waals surface area contributed by atoms with E-state index in [9.17, 15) is 8.42 Å². The largest absolute Gasteiger partial charge is 0.355 e. The number of aromatic nitrogens is 1. The molecule has 0 radical (unpaired) electrons. The Kier molecular flexibility index (Phi) is 4.86. The van der Waals surface area contributed by atoms with Gasteiger partial charge in [-0.15, -0.1) is 0 Å². The van der Waals surface area contributed by atoms with E-state index < -0.39 is 15.3 Å². The quantitative estimate of drug-likeness (QED) is 0.818. The summed E-state index contributed by atoms with van der Waals surface area (Å²) >= 11 is 0. The van der Waals surface area contributed by atoms with Crippen LogP contribution in [0.4, 0.5) is 5.82 Å². The van der Waals surface area contributed by atoms with Gasteiger partial charge in [0.05, 0.1) is 0 Å². The van der Waals surface area contributed by atoms with Gasteiger partial charge in [-0.2, -0.15) is 4.31 Å². The smallest absolute Gasteiger partial charge is 0.220 e. The lowest BCUT2D eigenvalue weighted by molar-refractivity contribution is 0.417. The second-order valence-corrected chi connectivity index (χ2v) is 8.39. The lowest BCUT2D eigenvalue weighted by Crippen LogP contribution is -2.48. The van der Waals surface area contributed by atoms with Gasteiger partial charge in [0.1, 0.15) is 11.1 Å². The average molecular weight is 339 g/mol. The van der Waals surface area contributed by atoms with Gasteiger partial charge < -0.3 is 4.90 Å². The summed E-state index contributed by atoms with van der Waals surface area (Å²) in [6.07, 6.45) is 2.58. The molecule has 2 aliphatic heterocycles. The van der Waals surface area contributed by atoms with Crippen molar-refractivity contribution in [2.75, 3.05) is 31.1 Å². The van der Waals surface area contributed by atoms with Gasteiger partial charge in [0, 0.05) is 44.5 Å². The molecule has 0 amide bonds. The number of pyridine rings is 1. The molecule has 2 atom stereocenters. The molecule has 2 fully saturated rings. The molecule has 8 heteroatoms. The van der Waals surface area contributed by atoms with E-state index in [0.717, 1.165) is 18.8 Å². The fraction of sp³-hybridized carbons (Fsp3) is 0.667. The van der Waals surface area contributed by atoms with E-state index in [-0.39, 0.29) is 12.1 Å². The lowest BCUT2D eigenvalue weighted by atomic mass is 10.2. The van der Waals surface area contributed by atoms with Gasteiger partial charge in [-0.25, -0.2) is 13.4 Å². The van der Waals surface area contributed by atoms with Crippen molar-refractivity contribution in [2.24, 2.45) is 0 Å². The van der Waals surface area contributed by atoms with E-state index in [2.05, 4.69) is 20.7 Å². The first-order chi connectivity index (χ1) is 11.0. The van der Waals surface area contributed by atoms with E-state index in [0.29, 0.717) is 19.6 Å². The highest BCUT2D eigenvalue weighted by Gasteiger charge is 2.43. The highest BCUT2D eigenvalue weighted by Crippen LogP contribution is 2.22. The molecule has 128 valence electrons. The maximum Gasteiger partial charge on any atom is 0.220 e. The van der Waals surface area contributed by atoms with Crippen LogP contribution in [-0.4, -0.2) is 61.2 Å². The number of rotatable bonds is 3.